The third-order valence-corrected chi connectivity index (χ3v) is 6.82. The van der Waals surface area contributed by atoms with Crippen molar-refractivity contribution in [2.24, 2.45) is 5.92 Å². The first-order chi connectivity index (χ1) is 17.0. The van der Waals surface area contributed by atoms with Gasteiger partial charge in [0.1, 0.15) is 5.82 Å². The third kappa shape index (κ3) is 4.81. The van der Waals surface area contributed by atoms with Gasteiger partial charge in [-0.25, -0.2) is 9.37 Å². The van der Waals surface area contributed by atoms with Gasteiger partial charge >= 0.3 is 0 Å². The fourth-order valence-corrected chi connectivity index (χ4v) is 4.89. The number of aromatic nitrogens is 2. The summed E-state index contributed by atoms with van der Waals surface area (Å²) in [6.07, 6.45) is 0.0501. The lowest BCUT2D eigenvalue weighted by atomic mass is 10.1. The number of para-hydroxylation sites is 2. The molecule has 2 heterocycles. The van der Waals surface area contributed by atoms with Crippen LogP contribution in [0.3, 0.4) is 0 Å². The molecule has 0 spiro atoms. The van der Waals surface area contributed by atoms with Crippen molar-refractivity contribution in [1.29, 1.82) is 0 Å². The maximum absolute atomic E-state index is 13.3. The topological polar surface area (TPSA) is 84.3 Å². The van der Waals surface area contributed by atoms with Gasteiger partial charge in [0.15, 0.2) is 5.16 Å². The summed E-state index contributed by atoms with van der Waals surface area (Å²) in [6, 6.07) is 22.1. The Kier molecular flexibility index (Phi) is 6.33. The van der Waals surface area contributed by atoms with Gasteiger partial charge < -0.3 is 4.90 Å². The molecule has 5 rings (SSSR count). The number of benzene rings is 3. The molecule has 0 aliphatic carbocycles. The van der Waals surface area contributed by atoms with E-state index < -0.39 is 17.4 Å². The Hall–Kier alpha value is -3.98. The maximum atomic E-state index is 13.3. The first-order valence-electron chi connectivity index (χ1n) is 11.0. The number of fused-ring (bicyclic) bond motifs is 1. The quantitative estimate of drug-likeness (QED) is 0.328. The molecule has 1 atom stereocenters. The van der Waals surface area contributed by atoms with Crippen LogP contribution in [-0.2, 0) is 15.3 Å². The maximum Gasteiger partial charge on any atom is 0.281 e. The minimum atomic E-state index is -0.615. The molecule has 35 heavy (non-hydrogen) atoms. The number of amides is 2. The van der Waals surface area contributed by atoms with Crippen LogP contribution in [0, 0.1) is 11.7 Å². The van der Waals surface area contributed by atoms with Gasteiger partial charge in [0.2, 0.25) is 11.8 Å². The van der Waals surface area contributed by atoms with E-state index in [4.69, 9.17) is 0 Å². The summed E-state index contributed by atoms with van der Waals surface area (Å²) < 4.78 is 14.4. The van der Waals surface area contributed by atoms with E-state index in [9.17, 15) is 18.8 Å². The van der Waals surface area contributed by atoms with Gasteiger partial charge in [-0.2, -0.15) is 4.68 Å². The predicted octanol–water partition coefficient (Wildman–Crippen LogP) is 3.95. The van der Waals surface area contributed by atoms with Gasteiger partial charge in [-0.15, -0.1) is 0 Å². The second kappa shape index (κ2) is 9.71. The second-order valence-electron chi connectivity index (χ2n) is 8.18. The average Bonchev–Trinajstić information content (AvgIpc) is 3.28. The summed E-state index contributed by atoms with van der Waals surface area (Å²) in [7, 11) is 0. The molecule has 1 aliphatic heterocycles. The summed E-state index contributed by atoms with van der Waals surface area (Å²) in [5.74, 6) is -1.10. The molecule has 176 valence electrons. The second-order valence-corrected chi connectivity index (χ2v) is 9.13. The fourth-order valence-electron chi connectivity index (χ4n) is 3.98. The predicted molar refractivity (Wildman–Crippen MR) is 133 cm³/mol. The molecular weight excluding hydrogens is 467 g/mol. The molecule has 2 amide bonds. The third-order valence-electron chi connectivity index (χ3n) is 5.81. The van der Waals surface area contributed by atoms with E-state index in [0.717, 1.165) is 15.9 Å². The zero-order chi connectivity index (χ0) is 24.4. The van der Waals surface area contributed by atoms with E-state index in [1.807, 2.05) is 30.3 Å². The van der Waals surface area contributed by atoms with Crippen molar-refractivity contribution in [2.45, 2.75) is 17.3 Å². The van der Waals surface area contributed by atoms with Crippen molar-refractivity contribution >= 4 is 40.2 Å². The molecular formula is C26H21FN4O3S. The van der Waals surface area contributed by atoms with E-state index in [2.05, 4.69) is 10.4 Å². The Morgan fingerprint density at radius 1 is 1.00 bits per heavy atom. The van der Waals surface area contributed by atoms with E-state index in [0.29, 0.717) is 21.8 Å². The Morgan fingerprint density at radius 2 is 1.71 bits per heavy atom. The zero-order valence-electron chi connectivity index (χ0n) is 18.6. The lowest BCUT2D eigenvalue weighted by molar-refractivity contribution is -0.123. The number of halogens is 1. The van der Waals surface area contributed by atoms with Crippen molar-refractivity contribution < 1.29 is 14.0 Å². The number of anilines is 1. The van der Waals surface area contributed by atoms with Crippen molar-refractivity contribution in [3.63, 3.8) is 0 Å². The Bertz CT molecular complexity index is 1460. The van der Waals surface area contributed by atoms with Gasteiger partial charge in [-0.05, 0) is 42.0 Å². The molecule has 9 heteroatoms. The molecule has 0 saturated carbocycles. The molecule has 3 aromatic carbocycles. The first-order valence-corrected chi connectivity index (χ1v) is 12.0. The molecule has 0 bridgehead atoms. The highest BCUT2D eigenvalue weighted by Crippen LogP contribution is 2.26. The molecule has 1 unspecified atom stereocenters. The molecule has 1 fully saturated rings. The number of rotatable bonds is 6. The van der Waals surface area contributed by atoms with E-state index in [-0.39, 0.29) is 24.7 Å². The number of carbonyl (C=O) groups excluding carboxylic acids is 2. The van der Waals surface area contributed by atoms with Crippen LogP contribution in [0.5, 0.6) is 0 Å². The van der Waals surface area contributed by atoms with Gasteiger partial charge in [0.25, 0.3) is 5.56 Å². The lowest BCUT2D eigenvalue weighted by Crippen LogP contribution is -2.39. The average molecular weight is 489 g/mol. The minimum absolute atomic E-state index is 0.0501. The smallest absolute Gasteiger partial charge is 0.281 e. The summed E-state index contributed by atoms with van der Waals surface area (Å²) in [5.41, 5.74) is 4.37. The largest absolute Gasteiger partial charge is 0.312 e. The van der Waals surface area contributed by atoms with Crippen LogP contribution in [-0.4, -0.2) is 28.0 Å². The molecule has 1 N–H and O–H groups in total. The molecule has 0 radical (unpaired) electrons. The SMILES string of the molecule is O=C(Nn1c(SCc2ccc(F)cc2)nc2ccccc2c1=O)C1CC(=O)N(c2ccccc2)C1. The van der Waals surface area contributed by atoms with Gasteiger partial charge in [-0.3, -0.25) is 19.8 Å². The minimum Gasteiger partial charge on any atom is -0.312 e. The van der Waals surface area contributed by atoms with E-state index in [1.54, 1.807) is 41.3 Å². The van der Waals surface area contributed by atoms with Crippen molar-refractivity contribution in [1.82, 2.24) is 9.66 Å². The molecule has 1 aliphatic rings. The van der Waals surface area contributed by atoms with Crippen LogP contribution in [0.1, 0.15) is 12.0 Å². The van der Waals surface area contributed by atoms with Crippen molar-refractivity contribution in [3.8, 4) is 0 Å². The number of nitrogens with one attached hydrogen (secondary N) is 1. The van der Waals surface area contributed by atoms with E-state index in [1.165, 1.54) is 23.9 Å². The highest BCUT2D eigenvalue weighted by Gasteiger charge is 2.35. The van der Waals surface area contributed by atoms with E-state index >= 15 is 0 Å². The fraction of sp³-hybridized carbons (Fsp3) is 0.154. The normalized spacial score (nSPS) is 15.5. The number of hydrogen-bond donors (Lipinski definition) is 1. The summed E-state index contributed by atoms with van der Waals surface area (Å²) in [5, 5.41) is 0.669. The van der Waals surface area contributed by atoms with Crippen LogP contribution >= 0.6 is 11.8 Å². The van der Waals surface area contributed by atoms with Gasteiger partial charge in [0.05, 0.1) is 16.8 Å². The lowest BCUT2D eigenvalue weighted by Gasteiger charge is -2.18. The van der Waals surface area contributed by atoms with Crippen LogP contribution < -0.4 is 15.9 Å². The van der Waals surface area contributed by atoms with Crippen molar-refractivity contribution in [2.75, 3.05) is 16.9 Å². The molecule has 7 nitrogen and oxygen atoms in total. The Morgan fingerprint density at radius 3 is 2.49 bits per heavy atom. The van der Waals surface area contributed by atoms with Gasteiger partial charge in [0, 0.05) is 24.4 Å². The number of carbonyl (C=O) groups is 2. The van der Waals surface area contributed by atoms with Crippen LogP contribution in [0.2, 0.25) is 0 Å². The number of hydrogen-bond acceptors (Lipinski definition) is 5. The number of nitrogens with zero attached hydrogens (tertiary/aromatic N) is 3. The Balaban J connectivity index is 1.41. The highest BCUT2D eigenvalue weighted by molar-refractivity contribution is 7.98. The van der Waals surface area contributed by atoms with Crippen LogP contribution in [0.4, 0.5) is 10.1 Å². The van der Waals surface area contributed by atoms with Gasteiger partial charge in [-0.1, -0.05) is 54.2 Å². The summed E-state index contributed by atoms with van der Waals surface area (Å²) in [6.45, 7) is 0.225. The van der Waals surface area contributed by atoms with Crippen LogP contribution in [0.25, 0.3) is 10.9 Å². The molecule has 1 saturated heterocycles. The summed E-state index contributed by atoms with van der Waals surface area (Å²) >= 11 is 1.25. The first kappa shape index (κ1) is 22.8. The number of thioether (sulfide) groups is 1. The molecule has 4 aromatic rings. The molecule has 1 aromatic heterocycles. The standard InChI is InChI=1S/C26H21FN4O3S/c27-19-12-10-17(11-13-19)16-35-26-28-22-9-5-4-8-21(22)25(34)31(26)29-24(33)18-14-23(32)30(15-18)20-6-2-1-3-7-20/h1-13,18H,14-16H2,(H,29,33). The monoisotopic (exact) mass is 488 g/mol. The Labute approximate surface area is 204 Å². The van der Waals surface area contributed by atoms with Crippen LogP contribution in [0.15, 0.2) is 88.8 Å². The van der Waals surface area contributed by atoms with Crippen molar-refractivity contribution in [3.05, 3.63) is 101 Å². The highest BCUT2D eigenvalue weighted by atomic mass is 32.2. The zero-order valence-corrected chi connectivity index (χ0v) is 19.4. The summed E-state index contributed by atoms with van der Waals surface area (Å²) in [4.78, 5) is 45.2.